The van der Waals surface area contributed by atoms with Crippen molar-refractivity contribution in [2.45, 2.75) is 20.3 Å². The highest BCUT2D eigenvalue weighted by atomic mass is 35.5. The molecule has 2 N–H and O–H groups in total. The summed E-state index contributed by atoms with van der Waals surface area (Å²) in [5.74, 6) is -0.481. The van der Waals surface area contributed by atoms with Gasteiger partial charge in [0.15, 0.2) is 24.5 Å². The zero-order valence-electron chi connectivity index (χ0n) is 15.5. The van der Waals surface area contributed by atoms with Crippen LogP contribution in [0.1, 0.15) is 35.0 Å². The summed E-state index contributed by atoms with van der Waals surface area (Å²) in [6.45, 7) is 3.32. The summed E-state index contributed by atoms with van der Waals surface area (Å²) in [7, 11) is 0. The molecule has 1 aromatic heterocycles. The van der Waals surface area contributed by atoms with E-state index in [1.165, 1.54) is 6.39 Å². The number of aromatic nitrogens is 1. The summed E-state index contributed by atoms with van der Waals surface area (Å²) in [6, 6.07) is 4.89. The third-order valence-corrected chi connectivity index (χ3v) is 4.84. The van der Waals surface area contributed by atoms with Gasteiger partial charge in [-0.25, -0.2) is 9.78 Å². The topological polar surface area (TPSA) is 95.4 Å². The van der Waals surface area contributed by atoms with Gasteiger partial charge in [-0.05, 0) is 50.1 Å². The molecule has 0 atom stereocenters. The zero-order valence-corrected chi connectivity index (χ0v) is 16.2. The first-order valence-electron chi connectivity index (χ1n) is 8.59. The van der Waals surface area contributed by atoms with Gasteiger partial charge in [-0.1, -0.05) is 23.3 Å². The molecule has 0 aliphatic heterocycles. The summed E-state index contributed by atoms with van der Waals surface area (Å²) in [4.78, 5) is 28.8. The van der Waals surface area contributed by atoms with Crippen LogP contribution in [-0.4, -0.2) is 23.3 Å². The number of nitrogens with two attached hydrogens (primary N) is 1. The molecule has 0 spiro atoms. The number of halogens is 1. The van der Waals surface area contributed by atoms with Crippen molar-refractivity contribution in [2.24, 2.45) is 5.73 Å². The minimum Gasteiger partial charge on any atom is -0.454 e. The van der Waals surface area contributed by atoms with Gasteiger partial charge in [-0.3, -0.25) is 4.79 Å². The number of ether oxygens (including phenoxy) is 1. The van der Waals surface area contributed by atoms with Crippen LogP contribution in [0.5, 0.6) is 0 Å². The van der Waals surface area contributed by atoms with Crippen molar-refractivity contribution < 1.29 is 18.7 Å². The number of carbonyl (C=O) groups excluding carboxylic acids is 2. The molecular formula is C21H19ClN2O4. The lowest BCUT2D eigenvalue weighted by Crippen LogP contribution is -2.18. The average Bonchev–Trinajstić information content (AvgIpc) is 3.16. The van der Waals surface area contributed by atoms with E-state index in [-0.39, 0.29) is 17.1 Å². The van der Waals surface area contributed by atoms with Crippen molar-refractivity contribution in [2.75, 3.05) is 6.61 Å². The lowest BCUT2D eigenvalue weighted by molar-refractivity contribution is -0.137. The minimum atomic E-state index is -0.681. The van der Waals surface area contributed by atoms with E-state index < -0.39 is 12.6 Å². The van der Waals surface area contributed by atoms with Gasteiger partial charge in [0.2, 0.25) is 0 Å². The fourth-order valence-corrected chi connectivity index (χ4v) is 2.87. The number of aryl methyl sites for hydroxylation is 1. The fraction of sp³-hybridized carbons (Fsp3) is 0.190. The molecular weight excluding hydrogens is 380 g/mol. The molecule has 28 heavy (non-hydrogen) atoms. The monoisotopic (exact) mass is 398 g/mol. The van der Waals surface area contributed by atoms with Gasteiger partial charge in [-0.2, -0.15) is 0 Å². The van der Waals surface area contributed by atoms with Crippen LogP contribution in [-0.2, 0) is 9.53 Å². The Kier molecular flexibility index (Phi) is 5.80. The van der Waals surface area contributed by atoms with Crippen molar-refractivity contribution in [3.8, 4) is 0 Å². The average molecular weight is 399 g/mol. The van der Waals surface area contributed by atoms with Gasteiger partial charge in [-0.15, -0.1) is 0 Å². The first-order valence-corrected chi connectivity index (χ1v) is 8.97. The maximum atomic E-state index is 12.6. The Hall–Kier alpha value is -3.12. The fourth-order valence-electron chi connectivity index (χ4n) is 2.75. The molecule has 7 heteroatoms. The third kappa shape index (κ3) is 4.23. The Morgan fingerprint density at radius 3 is 2.79 bits per heavy atom. The second-order valence-electron chi connectivity index (χ2n) is 6.44. The van der Waals surface area contributed by atoms with Gasteiger partial charge in [0, 0.05) is 21.9 Å². The molecule has 1 aliphatic rings. The maximum absolute atomic E-state index is 12.6. The summed E-state index contributed by atoms with van der Waals surface area (Å²) < 4.78 is 10.6. The molecule has 0 unspecified atom stereocenters. The van der Waals surface area contributed by atoms with E-state index >= 15 is 0 Å². The predicted octanol–water partition coefficient (Wildman–Crippen LogP) is 4.01. The van der Waals surface area contributed by atoms with Gasteiger partial charge in [0.05, 0.1) is 11.8 Å². The van der Waals surface area contributed by atoms with Crippen LogP contribution in [0.15, 0.2) is 64.2 Å². The van der Waals surface area contributed by atoms with E-state index in [1.54, 1.807) is 43.5 Å². The second kappa shape index (κ2) is 8.27. The summed E-state index contributed by atoms with van der Waals surface area (Å²) in [5, 5.41) is 0.567. The number of hydrogen-bond acceptors (Lipinski definition) is 6. The van der Waals surface area contributed by atoms with Crippen molar-refractivity contribution in [1.29, 1.82) is 0 Å². The van der Waals surface area contributed by atoms with Crippen LogP contribution < -0.4 is 5.73 Å². The first-order chi connectivity index (χ1) is 13.4. The van der Waals surface area contributed by atoms with Crippen molar-refractivity contribution in [3.05, 3.63) is 81.7 Å². The highest BCUT2D eigenvalue weighted by Crippen LogP contribution is 2.28. The molecule has 3 rings (SSSR count). The molecule has 1 heterocycles. The van der Waals surface area contributed by atoms with Crippen LogP contribution >= 0.6 is 11.6 Å². The number of oxazole rings is 1. The molecule has 0 saturated heterocycles. The number of hydrogen-bond donors (Lipinski definition) is 1. The number of Topliss-reactive ketones (excluding diaryl/α,β-unsaturated/α-hetero) is 1. The van der Waals surface area contributed by atoms with Crippen LogP contribution in [0, 0.1) is 6.92 Å². The van der Waals surface area contributed by atoms with Gasteiger partial charge >= 0.3 is 5.97 Å². The lowest BCUT2D eigenvalue weighted by Gasteiger charge is -2.09. The van der Waals surface area contributed by atoms with Crippen LogP contribution in [0.25, 0.3) is 5.57 Å². The standard InChI is InChI=1S/C21H19ClN2O4/c1-12-3-6-18(23)16(8-15(12)20-9-24-11-28-20)21(26)27-10-19(25)14-4-5-17(22)13(2)7-14/h4-9,11H,3,10,23H2,1-2H3. The smallest absolute Gasteiger partial charge is 0.340 e. The highest BCUT2D eigenvalue weighted by Gasteiger charge is 2.21. The van der Waals surface area contributed by atoms with E-state index in [0.29, 0.717) is 28.3 Å². The Morgan fingerprint density at radius 1 is 1.32 bits per heavy atom. The molecule has 0 radical (unpaired) electrons. The SMILES string of the molecule is CC1=C(c2cnco2)C=C(C(=O)OCC(=O)c2ccc(Cl)c(C)c2)C(N)=CC1. The van der Waals surface area contributed by atoms with Gasteiger partial charge in [0.1, 0.15) is 0 Å². The molecule has 1 aromatic carbocycles. The summed E-state index contributed by atoms with van der Waals surface area (Å²) >= 11 is 5.97. The molecule has 6 nitrogen and oxygen atoms in total. The highest BCUT2D eigenvalue weighted by molar-refractivity contribution is 6.31. The summed E-state index contributed by atoms with van der Waals surface area (Å²) in [5.41, 5.74) is 9.36. The van der Waals surface area contributed by atoms with E-state index in [9.17, 15) is 9.59 Å². The van der Waals surface area contributed by atoms with E-state index in [1.807, 2.05) is 6.92 Å². The Morgan fingerprint density at radius 2 is 2.11 bits per heavy atom. The van der Waals surface area contributed by atoms with Crippen molar-refractivity contribution in [3.63, 3.8) is 0 Å². The number of benzene rings is 1. The predicted molar refractivity (Wildman–Crippen MR) is 106 cm³/mol. The molecule has 0 bridgehead atoms. The Labute approximate surface area is 167 Å². The third-order valence-electron chi connectivity index (χ3n) is 4.42. The van der Waals surface area contributed by atoms with Crippen LogP contribution in [0.2, 0.25) is 5.02 Å². The van der Waals surface area contributed by atoms with Crippen LogP contribution in [0.3, 0.4) is 0 Å². The number of nitrogens with zero attached hydrogens (tertiary/aromatic N) is 1. The first kappa shape index (κ1) is 19.6. The molecule has 0 fully saturated rings. The number of esters is 1. The van der Waals surface area contributed by atoms with Crippen LogP contribution in [0.4, 0.5) is 0 Å². The minimum absolute atomic E-state index is 0.170. The normalized spacial score (nSPS) is 14.2. The number of allylic oxidation sites excluding steroid dienone is 4. The van der Waals surface area contributed by atoms with Crippen molar-refractivity contribution >= 4 is 28.9 Å². The van der Waals surface area contributed by atoms with E-state index in [0.717, 1.165) is 11.1 Å². The molecule has 144 valence electrons. The second-order valence-corrected chi connectivity index (χ2v) is 6.85. The van der Waals surface area contributed by atoms with Crippen molar-refractivity contribution in [1.82, 2.24) is 4.98 Å². The van der Waals surface area contributed by atoms with E-state index in [2.05, 4.69) is 4.98 Å². The van der Waals surface area contributed by atoms with Gasteiger partial charge in [0.25, 0.3) is 0 Å². The lowest BCUT2D eigenvalue weighted by atomic mass is 10.0. The Balaban J connectivity index is 1.77. The zero-order chi connectivity index (χ0) is 20.3. The molecule has 0 amide bonds. The summed E-state index contributed by atoms with van der Waals surface area (Å²) in [6.07, 6.45) is 6.77. The quantitative estimate of drug-likeness (QED) is 0.604. The number of carbonyl (C=O) groups is 2. The van der Waals surface area contributed by atoms with E-state index in [4.69, 9.17) is 26.5 Å². The molecule has 2 aromatic rings. The number of ketones is 1. The Bertz CT molecular complexity index is 1020. The van der Waals surface area contributed by atoms with Gasteiger partial charge < -0.3 is 14.9 Å². The maximum Gasteiger partial charge on any atom is 0.340 e. The molecule has 0 saturated carbocycles. The number of rotatable bonds is 5. The molecule has 1 aliphatic carbocycles. The largest absolute Gasteiger partial charge is 0.454 e.